The van der Waals surface area contributed by atoms with Gasteiger partial charge in [-0.05, 0) is 30.0 Å². The van der Waals surface area contributed by atoms with Gasteiger partial charge in [0.15, 0.2) is 11.5 Å². The van der Waals surface area contributed by atoms with E-state index in [0.717, 1.165) is 12.0 Å². The zero-order chi connectivity index (χ0) is 15.3. The van der Waals surface area contributed by atoms with Crippen molar-refractivity contribution in [1.29, 1.82) is 5.26 Å². The number of hydrogen-bond acceptors (Lipinski definition) is 3. The van der Waals surface area contributed by atoms with E-state index in [4.69, 9.17) is 21.1 Å². The summed E-state index contributed by atoms with van der Waals surface area (Å²) in [5, 5.41) is 9.53. The van der Waals surface area contributed by atoms with E-state index < -0.39 is 5.41 Å². The normalized spacial score (nSPS) is 15.3. The second-order valence-corrected chi connectivity index (χ2v) is 5.61. The van der Waals surface area contributed by atoms with Gasteiger partial charge in [-0.2, -0.15) is 5.26 Å². The number of benzene rings is 1. The average molecular weight is 296 g/mol. The largest absolute Gasteiger partial charge is 0.493 e. The molecule has 110 valence electrons. The fraction of sp³-hybridized carbons (Fsp3) is 0.562. The number of rotatable bonds is 6. The van der Waals surface area contributed by atoms with E-state index in [1.54, 1.807) is 14.2 Å². The van der Waals surface area contributed by atoms with Crippen molar-refractivity contribution < 1.29 is 9.47 Å². The first-order valence-electron chi connectivity index (χ1n) is 6.75. The Morgan fingerprint density at radius 2 is 1.85 bits per heavy atom. The standard InChI is InChI=1S/C16H22ClNO2/c1-6-15(17)16(10-18,11(2)3)12-7-8-13(19-4)14(9-12)20-5/h7-9,11,15H,6H2,1-5H3. The third kappa shape index (κ3) is 2.71. The van der Waals surface area contributed by atoms with E-state index in [1.807, 2.05) is 39.0 Å². The van der Waals surface area contributed by atoms with E-state index in [1.165, 1.54) is 0 Å². The van der Waals surface area contributed by atoms with Gasteiger partial charge < -0.3 is 9.47 Å². The van der Waals surface area contributed by atoms with Crippen LogP contribution >= 0.6 is 11.6 Å². The number of nitrogens with zero attached hydrogens (tertiary/aromatic N) is 1. The number of nitriles is 1. The van der Waals surface area contributed by atoms with Gasteiger partial charge in [0, 0.05) is 0 Å². The summed E-state index contributed by atoms with van der Waals surface area (Å²) >= 11 is 6.49. The number of ether oxygens (including phenoxy) is 2. The minimum absolute atomic E-state index is 0.0908. The summed E-state index contributed by atoms with van der Waals surface area (Å²) in [6.07, 6.45) is 0.724. The Kier molecular flexibility index (Phi) is 5.71. The molecule has 0 heterocycles. The van der Waals surface area contributed by atoms with Gasteiger partial charge in [0.25, 0.3) is 0 Å². The van der Waals surface area contributed by atoms with Crippen LogP contribution in [-0.4, -0.2) is 19.6 Å². The van der Waals surface area contributed by atoms with Gasteiger partial charge in [0.05, 0.1) is 25.7 Å². The number of alkyl halides is 1. The lowest BCUT2D eigenvalue weighted by molar-refractivity contribution is 0.346. The average Bonchev–Trinajstić information content (AvgIpc) is 2.47. The fourth-order valence-corrected chi connectivity index (χ4v) is 2.98. The van der Waals surface area contributed by atoms with Crippen molar-refractivity contribution in [3.8, 4) is 17.6 Å². The third-order valence-corrected chi connectivity index (χ3v) is 4.46. The van der Waals surface area contributed by atoms with Crippen LogP contribution in [0.5, 0.6) is 11.5 Å². The molecular weight excluding hydrogens is 274 g/mol. The third-order valence-electron chi connectivity index (χ3n) is 3.81. The lowest BCUT2D eigenvalue weighted by Gasteiger charge is -2.35. The maximum Gasteiger partial charge on any atom is 0.161 e. The summed E-state index contributed by atoms with van der Waals surface area (Å²) in [5.41, 5.74) is 0.130. The van der Waals surface area contributed by atoms with E-state index in [0.29, 0.717) is 11.5 Å². The first-order chi connectivity index (χ1) is 9.47. The smallest absolute Gasteiger partial charge is 0.161 e. The van der Waals surface area contributed by atoms with Crippen LogP contribution in [-0.2, 0) is 5.41 Å². The summed E-state index contributed by atoms with van der Waals surface area (Å²) in [5.74, 6) is 1.35. The quantitative estimate of drug-likeness (QED) is 0.741. The zero-order valence-electron chi connectivity index (χ0n) is 12.7. The van der Waals surface area contributed by atoms with Crippen LogP contribution in [0.3, 0.4) is 0 Å². The predicted octanol–water partition coefficient (Wildman–Crippen LogP) is 4.14. The molecule has 0 aromatic heterocycles. The molecule has 1 aromatic carbocycles. The Hall–Kier alpha value is -1.40. The van der Waals surface area contributed by atoms with Crippen LogP contribution in [0.2, 0.25) is 0 Å². The molecule has 2 atom stereocenters. The molecule has 20 heavy (non-hydrogen) atoms. The topological polar surface area (TPSA) is 42.2 Å². The zero-order valence-corrected chi connectivity index (χ0v) is 13.5. The van der Waals surface area contributed by atoms with Gasteiger partial charge in [-0.25, -0.2) is 0 Å². The molecular formula is C16H22ClNO2. The van der Waals surface area contributed by atoms with Gasteiger partial charge >= 0.3 is 0 Å². The van der Waals surface area contributed by atoms with Gasteiger partial charge in [0.2, 0.25) is 0 Å². The second-order valence-electron chi connectivity index (χ2n) is 5.08. The Balaban J connectivity index is 3.47. The maximum atomic E-state index is 9.79. The summed E-state index contributed by atoms with van der Waals surface area (Å²) in [4.78, 5) is 0. The van der Waals surface area contributed by atoms with Crippen LogP contribution < -0.4 is 9.47 Å². The van der Waals surface area contributed by atoms with E-state index >= 15 is 0 Å². The Morgan fingerprint density at radius 3 is 2.25 bits per heavy atom. The molecule has 2 unspecified atom stereocenters. The molecule has 1 rings (SSSR count). The van der Waals surface area contributed by atoms with Crippen molar-refractivity contribution in [3.05, 3.63) is 23.8 Å². The first-order valence-corrected chi connectivity index (χ1v) is 7.19. The second kappa shape index (κ2) is 6.85. The minimum atomic E-state index is -0.740. The maximum absolute atomic E-state index is 9.79. The highest BCUT2D eigenvalue weighted by Crippen LogP contribution is 2.42. The molecule has 0 radical (unpaired) electrons. The molecule has 4 heteroatoms. The Bertz CT molecular complexity index is 496. The number of halogens is 1. The minimum Gasteiger partial charge on any atom is -0.493 e. The van der Waals surface area contributed by atoms with Gasteiger partial charge in [-0.3, -0.25) is 0 Å². The van der Waals surface area contributed by atoms with Crippen molar-refractivity contribution in [3.63, 3.8) is 0 Å². The molecule has 0 aliphatic heterocycles. The molecule has 0 spiro atoms. The summed E-state index contributed by atoms with van der Waals surface area (Å²) in [6.45, 7) is 6.03. The highest BCUT2D eigenvalue weighted by atomic mass is 35.5. The highest BCUT2D eigenvalue weighted by Gasteiger charge is 2.42. The Morgan fingerprint density at radius 1 is 1.25 bits per heavy atom. The lowest BCUT2D eigenvalue weighted by atomic mass is 9.69. The van der Waals surface area contributed by atoms with Gasteiger partial charge in [0.1, 0.15) is 5.41 Å². The molecule has 0 bridgehead atoms. The molecule has 0 fully saturated rings. The summed E-state index contributed by atoms with van der Waals surface area (Å²) in [7, 11) is 3.18. The number of hydrogen-bond donors (Lipinski definition) is 0. The highest BCUT2D eigenvalue weighted by molar-refractivity contribution is 6.21. The molecule has 0 saturated heterocycles. The van der Waals surface area contributed by atoms with E-state index in [9.17, 15) is 5.26 Å². The first kappa shape index (κ1) is 16.7. The van der Waals surface area contributed by atoms with Gasteiger partial charge in [-0.15, -0.1) is 11.6 Å². The van der Waals surface area contributed by atoms with Crippen molar-refractivity contribution in [2.75, 3.05) is 14.2 Å². The van der Waals surface area contributed by atoms with Crippen LogP contribution in [0.25, 0.3) is 0 Å². The van der Waals surface area contributed by atoms with Crippen LogP contribution in [0, 0.1) is 17.2 Å². The van der Waals surface area contributed by atoms with Crippen molar-refractivity contribution in [1.82, 2.24) is 0 Å². The van der Waals surface area contributed by atoms with Crippen LogP contribution in [0.1, 0.15) is 32.8 Å². The fourth-order valence-electron chi connectivity index (χ4n) is 2.56. The SMILES string of the molecule is CCC(Cl)C(C#N)(c1ccc(OC)c(OC)c1)C(C)C. The number of methoxy groups -OCH3 is 2. The van der Waals surface area contributed by atoms with Crippen molar-refractivity contribution in [2.45, 2.75) is 38.0 Å². The van der Waals surface area contributed by atoms with Crippen molar-refractivity contribution >= 4 is 11.6 Å². The van der Waals surface area contributed by atoms with Crippen LogP contribution in [0.15, 0.2) is 18.2 Å². The molecule has 0 N–H and O–H groups in total. The molecule has 0 amide bonds. The monoisotopic (exact) mass is 295 g/mol. The predicted molar refractivity (Wildman–Crippen MR) is 81.6 cm³/mol. The van der Waals surface area contributed by atoms with E-state index in [2.05, 4.69) is 6.07 Å². The molecule has 1 aromatic rings. The molecule has 0 aliphatic rings. The Labute approximate surface area is 126 Å². The van der Waals surface area contributed by atoms with Crippen LogP contribution in [0.4, 0.5) is 0 Å². The summed E-state index contributed by atoms with van der Waals surface area (Å²) in [6, 6.07) is 8.02. The molecule has 0 saturated carbocycles. The van der Waals surface area contributed by atoms with E-state index in [-0.39, 0.29) is 11.3 Å². The molecule has 3 nitrogen and oxygen atoms in total. The van der Waals surface area contributed by atoms with Gasteiger partial charge in [-0.1, -0.05) is 26.8 Å². The lowest BCUT2D eigenvalue weighted by Crippen LogP contribution is -2.39. The molecule has 0 aliphatic carbocycles. The van der Waals surface area contributed by atoms with Crippen molar-refractivity contribution in [2.24, 2.45) is 5.92 Å². The summed E-state index contributed by atoms with van der Waals surface area (Å²) < 4.78 is 10.6.